The summed E-state index contributed by atoms with van der Waals surface area (Å²) in [6, 6.07) is 25.7. The van der Waals surface area contributed by atoms with Gasteiger partial charge in [-0.2, -0.15) is 4.31 Å². The first-order valence-electron chi connectivity index (χ1n) is 11.5. The van der Waals surface area contributed by atoms with Gasteiger partial charge in [0, 0.05) is 24.7 Å². The van der Waals surface area contributed by atoms with Crippen LogP contribution in [0.4, 0.5) is 0 Å². The van der Waals surface area contributed by atoms with Crippen LogP contribution in [0.3, 0.4) is 0 Å². The molecule has 0 N–H and O–H groups in total. The maximum atomic E-state index is 13.4. The molecule has 1 aliphatic rings. The molecule has 0 aliphatic carbocycles. The third kappa shape index (κ3) is 6.26. The maximum Gasteiger partial charge on any atom is 0.243 e. The van der Waals surface area contributed by atoms with Crippen molar-refractivity contribution >= 4 is 27.5 Å². The average molecular weight is 497 g/mol. The third-order valence-corrected chi connectivity index (χ3v) is 8.36. The van der Waals surface area contributed by atoms with Gasteiger partial charge in [0.15, 0.2) is 0 Å². The van der Waals surface area contributed by atoms with Crippen LogP contribution in [0.5, 0.6) is 0 Å². The second-order valence-corrected chi connectivity index (χ2v) is 11.1. The van der Waals surface area contributed by atoms with Crippen molar-refractivity contribution in [3.63, 3.8) is 0 Å². The Labute approximate surface area is 207 Å². The van der Waals surface area contributed by atoms with Crippen molar-refractivity contribution in [3.05, 3.63) is 101 Å². The summed E-state index contributed by atoms with van der Waals surface area (Å²) in [5.74, 6) is 0.372. The molecule has 1 heterocycles. The van der Waals surface area contributed by atoms with Gasteiger partial charge in [0.05, 0.1) is 11.4 Å². The molecule has 34 heavy (non-hydrogen) atoms. The van der Waals surface area contributed by atoms with Crippen LogP contribution in [0.2, 0.25) is 5.02 Å². The lowest BCUT2D eigenvalue weighted by Crippen LogP contribution is -2.45. The average Bonchev–Trinajstić information content (AvgIpc) is 2.86. The Balaban J connectivity index is 1.44. The standard InChI is InChI=1S/C27H29ClN2O3S/c28-25-13-11-24(12-14-25)20-30(34(32,33)26-9-5-2-6-10-26)21-27(31)29-17-15-23(16-18-29)19-22-7-3-1-4-8-22/h1-14,23H,15-21H2. The molecule has 0 unspecified atom stereocenters. The molecule has 0 bridgehead atoms. The number of likely N-dealkylation sites (tertiary alicyclic amines) is 1. The summed E-state index contributed by atoms with van der Waals surface area (Å²) in [6.45, 7) is 1.21. The van der Waals surface area contributed by atoms with Gasteiger partial charge in [0.1, 0.15) is 0 Å². The van der Waals surface area contributed by atoms with Crippen LogP contribution in [0.15, 0.2) is 89.8 Å². The molecule has 3 aromatic rings. The molecule has 1 fully saturated rings. The summed E-state index contributed by atoms with van der Waals surface area (Å²) in [5, 5.41) is 0.579. The predicted molar refractivity (Wildman–Crippen MR) is 135 cm³/mol. The molecule has 0 spiro atoms. The Kier molecular flexibility index (Phi) is 8.03. The molecular formula is C27H29ClN2O3S. The van der Waals surface area contributed by atoms with Crippen molar-refractivity contribution in [1.29, 1.82) is 0 Å². The minimum Gasteiger partial charge on any atom is -0.342 e. The van der Waals surface area contributed by atoms with E-state index in [1.54, 1.807) is 59.5 Å². The Hall–Kier alpha value is -2.67. The van der Waals surface area contributed by atoms with E-state index in [2.05, 4.69) is 24.3 Å². The van der Waals surface area contributed by atoms with E-state index in [9.17, 15) is 13.2 Å². The number of carbonyl (C=O) groups is 1. The van der Waals surface area contributed by atoms with E-state index in [0.29, 0.717) is 24.0 Å². The highest BCUT2D eigenvalue weighted by atomic mass is 35.5. The number of amides is 1. The summed E-state index contributed by atoms with van der Waals surface area (Å²) >= 11 is 5.99. The summed E-state index contributed by atoms with van der Waals surface area (Å²) < 4.78 is 28.1. The number of halogens is 1. The van der Waals surface area contributed by atoms with E-state index in [4.69, 9.17) is 11.6 Å². The van der Waals surface area contributed by atoms with Crippen molar-refractivity contribution in [2.45, 2.75) is 30.7 Å². The van der Waals surface area contributed by atoms with Gasteiger partial charge in [-0.05, 0) is 60.6 Å². The highest BCUT2D eigenvalue weighted by Crippen LogP contribution is 2.23. The number of benzene rings is 3. The van der Waals surface area contributed by atoms with E-state index in [-0.39, 0.29) is 23.9 Å². The molecule has 0 aromatic heterocycles. The lowest BCUT2D eigenvalue weighted by atomic mass is 9.90. The molecule has 3 aromatic carbocycles. The number of rotatable bonds is 8. The van der Waals surface area contributed by atoms with E-state index >= 15 is 0 Å². The van der Waals surface area contributed by atoms with Crippen molar-refractivity contribution < 1.29 is 13.2 Å². The Bertz CT molecular complexity index is 1180. The van der Waals surface area contributed by atoms with Gasteiger partial charge >= 0.3 is 0 Å². The number of hydrogen-bond donors (Lipinski definition) is 0. The monoisotopic (exact) mass is 496 g/mol. The Morgan fingerprint density at radius 3 is 2.06 bits per heavy atom. The van der Waals surface area contributed by atoms with Gasteiger partial charge in [-0.3, -0.25) is 4.79 Å². The minimum absolute atomic E-state index is 0.102. The van der Waals surface area contributed by atoms with Crippen molar-refractivity contribution in [1.82, 2.24) is 9.21 Å². The number of sulfonamides is 1. The molecular weight excluding hydrogens is 468 g/mol. The zero-order valence-electron chi connectivity index (χ0n) is 19.0. The molecule has 5 nitrogen and oxygen atoms in total. The SMILES string of the molecule is O=C(CN(Cc1ccc(Cl)cc1)S(=O)(=O)c1ccccc1)N1CCC(Cc2ccccc2)CC1. The smallest absolute Gasteiger partial charge is 0.243 e. The van der Waals surface area contributed by atoms with Crippen LogP contribution in [-0.4, -0.2) is 43.2 Å². The van der Waals surface area contributed by atoms with Crippen LogP contribution >= 0.6 is 11.6 Å². The van der Waals surface area contributed by atoms with Crippen LogP contribution < -0.4 is 0 Å². The maximum absolute atomic E-state index is 13.4. The quantitative estimate of drug-likeness (QED) is 0.440. The molecule has 1 aliphatic heterocycles. The van der Waals surface area contributed by atoms with Gasteiger partial charge in [-0.25, -0.2) is 8.42 Å². The van der Waals surface area contributed by atoms with Crippen molar-refractivity contribution in [2.75, 3.05) is 19.6 Å². The van der Waals surface area contributed by atoms with Crippen molar-refractivity contribution in [3.8, 4) is 0 Å². The zero-order valence-corrected chi connectivity index (χ0v) is 20.6. The fourth-order valence-electron chi connectivity index (χ4n) is 4.35. The van der Waals surface area contributed by atoms with Gasteiger partial charge < -0.3 is 4.90 Å². The van der Waals surface area contributed by atoms with Crippen LogP contribution in [0, 0.1) is 5.92 Å². The highest BCUT2D eigenvalue weighted by Gasteiger charge is 2.30. The van der Waals surface area contributed by atoms with Crippen LogP contribution in [0.1, 0.15) is 24.0 Å². The normalized spacial score (nSPS) is 14.9. The third-order valence-electron chi connectivity index (χ3n) is 6.30. The van der Waals surface area contributed by atoms with E-state index in [0.717, 1.165) is 24.8 Å². The van der Waals surface area contributed by atoms with Gasteiger partial charge in [0.2, 0.25) is 15.9 Å². The predicted octanol–water partition coefficient (Wildman–Crippen LogP) is 5.01. The van der Waals surface area contributed by atoms with E-state index in [1.165, 1.54) is 9.87 Å². The fraction of sp³-hybridized carbons (Fsp3) is 0.296. The van der Waals surface area contributed by atoms with Crippen molar-refractivity contribution in [2.24, 2.45) is 5.92 Å². The minimum atomic E-state index is -3.84. The largest absolute Gasteiger partial charge is 0.342 e. The van der Waals surface area contributed by atoms with E-state index < -0.39 is 10.0 Å². The lowest BCUT2D eigenvalue weighted by Gasteiger charge is -2.33. The van der Waals surface area contributed by atoms with Crippen LogP contribution in [0.25, 0.3) is 0 Å². The molecule has 4 rings (SSSR count). The first-order chi connectivity index (χ1) is 16.4. The van der Waals surface area contributed by atoms with E-state index in [1.807, 2.05) is 6.07 Å². The van der Waals surface area contributed by atoms with Gasteiger partial charge in [-0.1, -0.05) is 72.3 Å². The van der Waals surface area contributed by atoms with Gasteiger partial charge in [0.25, 0.3) is 0 Å². The molecule has 178 valence electrons. The van der Waals surface area contributed by atoms with Gasteiger partial charge in [-0.15, -0.1) is 0 Å². The molecule has 0 saturated carbocycles. The fourth-order valence-corrected chi connectivity index (χ4v) is 5.87. The molecule has 1 amide bonds. The molecule has 7 heteroatoms. The topological polar surface area (TPSA) is 57.7 Å². The summed E-state index contributed by atoms with van der Waals surface area (Å²) in [7, 11) is -3.84. The number of piperidine rings is 1. The lowest BCUT2D eigenvalue weighted by molar-refractivity contribution is -0.132. The highest BCUT2D eigenvalue weighted by molar-refractivity contribution is 7.89. The summed E-state index contributed by atoms with van der Waals surface area (Å²) in [6.07, 6.45) is 2.85. The molecule has 0 radical (unpaired) electrons. The molecule has 1 saturated heterocycles. The first kappa shape index (κ1) is 24.5. The summed E-state index contributed by atoms with van der Waals surface area (Å²) in [5.41, 5.74) is 2.09. The Morgan fingerprint density at radius 2 is 1.44 bits per heavy atom. The second-order valence-electron chi connectivity index (χ2n) is 8.73. The Morgan fingerprint density at radius 1 is 0.853 bits per heavy atom. The number of hydrogen-bond acceptors (Lipinski definition) is 3. The zero-order chi connectivity index (χ0) is 24.0. The second kappa shape index (κ2) is 11.2. The number of nitrogens with zero attached hydrogens (tertiary/aromatic N) is 2. The van der Waals surface area contributed by atoms with Crippen LogP contribution in [-0.2, 0) is 27.8 Å². The first-order valence-corrected chi connectivity index (χ1v) is 13.3. The molecule has 0 atom stereocenters. The summed E-state index contributed by atoms with van der Waals surface area (Å²) in [4.78, 5) is 15.2. The number of carbonyl (C=O) groups excluding carboxylic acids is 1.